The van der Waals surface area contributed by atoms with Gasteiger partial charge in [0.15, 0.2) is 0 Å². The van der Waals surface area contributed by atoms with E-state index in [0.29, 0.717) is 12.1 Å². The van der Waals surface area contributed by atoms with Crippen LogP contribution in [0.25, 0.3) is 0 Å². The zero-order valence-corrected chi connectivity index (χ0v) is 12.6. The molecule has 0 aliphatic carbocycles. The molecule has 2 N–H and O–H groups in total. The van der Waals surface area contributed by atoms with Gasteiger partial charge in [-0.05, 0) is 49.9 Å². The molecule has 1 aromatic heterocycles. The van der Waals surface area contributed by atoms with Crippen molar-refractivity contribution < 1.29 is 4.79 Å². The van der Waals surface area contributed by atoms with Gasteiger partial charge in [0, 0.05) is 17.8 Å². The Hall–Kier alpha value is -2.36. The Labute approximate surface area is 125 Å². The highest BCUT2D eigenvalue weighted by Gasteiger charge is 2.08. The molecule has 1 amide bonds. The number of aryl methyl sites for hydroxylation is 2. The van der Waals surface area contributed by atoms with Crippen molar-refractivity contribution in [1.82, 2.24) is 15.5 Å². The van der Waals surface area contributed by atoms with E-state index in [1.165, 1.54) is 5.56 Å². The summed E-state index contributed by atoms with van der Waals surface area (Å²) in [5.74, 6) is -0.0426. The van der Waals surface area contributed by atoms with E-state index in [1.807, 2.05) is 44.2 Å². The maximum Gasteiger partial charge on any atom is 0.251 e. The highest BCUT2D eigenvalue weighted by molar-refractivity contribution is 5.94. The zero-order chi connectivity index (χ0) is 15.2. The number of carbonyl (C=O) groups excluding carboxylic acids is 1. The molecule has 0 aliphatic heterocycles. The fourth-order valence-electron chi connectivity index (χ4n) is 2.30. The molecular formula is C17H21N3O. The van der Waals surface area contributed by atoms with Crippen molar-refractivity contribution in [3.05, 3.63) is 65.0 Å². The van der Waals surface area contributed by atoms with Gasteiger partial charge in [0.2, 0.25) is 0 Å². The summed E-state index contributed by atoms with van der Waals surface area (Å²) in [4.78, 5) is 12.1. The largest absolute Gasteiger partial charge is 0.352 e. The van der Waals surface area contributed by atoms with E-state index < -0.39 is 0 Å². The van der Waals surface area contributed by atoms with Crippen LogP contribution in [0.15, 0.2) is 36.9 Å². The second-order valence-electron chi connectivity index (χ2n) is 5.11. The fourth-order valence-corrected chi connectivity index (χ4v) is 2.30. The molecule has 0 saturated carbocycles. The Balaban J connectivity index is 1.88. The molecular weight excluding hydrogens is 262 g/mol. The van der Waals surface area contributed by atoms with Crippen molar-refractivity contribution in [3.63, 3.8) is 0 Å². The lowest BCUT2D eigenvalue weighted by Gasteiger charge is -2.06. The van der Waals surface area contributed by atoms with E-state index in [9.17, 15) is 4.79 Å². The molecule has 0 aliphatic rings. The van der Waals surface area contributed by atoms with Crippen molar-refractivity contribution >= 4 is 5.91 Å². The van der Waals surface area contributed by atoms with Crippen LogP contribution in [0.1, 0.15) is 32.9 Å². The lowest BCUT2D eigenvalue weighted by Crippen LogP contribution is -2.25. The van der Waals surface area contributed by atoms with Crippen molar-refractivity contribution in [3.8, 4) is 0 Å². The summed E-state index contributed by atoms with van der Waals surface area (Å²) in [6.07, 6.45) is 3.46. The monoisotopic (exact) mass is 283 g/mol. The van der Waals surface area contributed by atoms with Gasteiger partial charge in [-0.3, -0.25) is 9.89 Å². The number of nitrogens with zero attached hydrogens (tertiary/aromatic N) is 1. The molecule has 1 aromatic carbocycles. The van der Waals surface area contributed by atoms with Crippen LogP contribution in [-0.2, 0) is 12.8 Å². The number of allylic oxidation sites excluding steroid dienone is 1. The molecule has 0 fully saturated rings. The maximum absolute atomic E-state index is 12.1. The number of H-pyrrole nitrogens is 1. The van der Waals surface area contributed by atoms with Crippen LogP contribution in [0, 0.1) is 13.8 Å². The zero-order valence-electron chi connectivity index (χ0n) is 12.6. The number of hydrogen-bond donors (Lipinski definition) is 2. The third kappa shape index (κ3) is 3.81. The van der Waals surface area contributed by atoms with Gasteiger partial charge in [0.05, 0.1) is 5.69 Å². The molecule has 2 aromatic rings. The van der Waals surface area contributed by atoms with Crippen LogP contribution in [0.5, 0.6) is 0 Å². The van der Waals surface area contributed by atoms with Gasteiger partial charge >= 0.3 is 0 Å². The summed E-state index contributed by atoms with van der Waals surface area (Å²) >= 11 is 0. The van der Waals surface area contributed by atoms with E-state index in [-0.39, 0.29) is 5.91 Å². The number of carbonyl (C=O) groups is 1. The highest BCUT2D eigenvalue weighted by Crippen LogP contribution is 2.09. The molecule has 2 rings (SSSR count). The summed E-state index contributed by atoms with van der Waals surface area (Å²) in [7, 11) is 0. The van der Waals surface area contributed by atoms with E-state index >= 15 is 0 Å². The summed E-state index contributed by atoms with van der Waals surface area (Å²) in [5.41, 5.74) is 5.08. The Bertz CT molecular complexity index is 606. The fraction of sp³-hybridized carbons (Fsp3) is 0.294. The smallest absolute Gasteiger partial charge is 0.251 e. The molecule has 21 heavy (non-hydrogen) atoms. The van der Waals surface area contributed by atoms with Crippen LogP contribution in [-0.4, -0.2) is 22.6 Å². The third-order valence-electron chi connectivity index (χ3n) is 3.54. The molecule has 1 heterocycles. The minimum Gasteiger partial charge on any atom is -0.352 e. The molecule has 0 saturated heterocycles. The standard InChI is InChI=1S/C17H21N3O/c1-4-5-14-6-8-15(9-7-14)17(21)18-11-10-16-12(2)19-20-13(16)3/h4,6-9H,1,5,10-11H2,2-3H3,(H,18,21)(H,19,20). The molecule has 4 nitrogen and oxygen atoms in total. The number of rotatable bonds is 6. The van der Waals surface area contributed by atoms with E-state index in [1.54, 1.807) is 0 Å². The summed E-state index contributed by atoms with van der Waals surface area (Å²) < 4.78 is 0. The number of aromatic nitrogens is 2. The van der Waals surface area contributed by atoms with Gasteiger partial charge < -0.3 is 5.32 Å². The highest BCUT2D eigenvalue weighted by atomic mass is 16.1. The molecule has 0 unspecified atom stereocenters. The van der Waals surface area contributed by atoms with Gasteiger partial charge in [0.25, 0.3) is 5.91 Å². The second-order valence-corrected chi connectivity index (χ2v) is 5.11. The molecule has 0 spiro atoms. The number of amides is 1. The van der Waals surface area contributed by atoms with Gasteiger partial charge in [-0.15, -0.1) is 6.58 Å². The van der Waals surface area contributed by atoms with Gasteiger partial charge in [-0.1, -0.05) is 18.2 Å². The van der Waals surface area contributed by atoms with Crippen molar-refractivity contribution in [2.45, 2.75) is 26.7 Å². The van der Waals surface area contributed by atoms with E-state index in [4.69, 9.17) is 0 Å². The predicted molar refractivity (Wildman–Crippen MR) is 84.4 cm³/mol. The van der Waals surface area contributed by atoms with E-state index in [0.717, 1.165) is 29.8 Å². The topological polar surface area (TPSA) is 57.8 Å². The van der Waals surface area contributed by atoms with Crippen LogP contribution >= 0.6 is 0 Å². The molecule has 4 heteroatoms. The molecule has 0 radical (unpaired) electrons. The predicted octanol–water partition coefficient (Wildman–Crippen LogP) is 2.73. The first-order valence-corrected chi connectivity index (χ1v) is 7.10. The van der Waals surface area contributed by atoms with Crippen LogP contribution in [0.3, 0.4) is 0 Å². The van der Waals surface area contributed by atoms with Crippen LogP contribution < -0.4 is 5.32 Å². The van der Waals surface area contributed by atoms with Crippen molar-refractivity contribution in [2.75, 3.05) is 6.54 Å². The average Bonchev–Trinajstić information content (AvgIpc) is 2.80. The SMILES string of the molecule is C=CCc1ccc(C(=O)NCCc2c(C)n[nH]c2C)cc1. The van der Waals surface area contributed by atoms with Crippen LogP contribution in [0.2, 0.25) is 0 Å². The Morgan fingerprint density at radius 2 is 2.05 bits per heavy atom. The van der Waals surface area contributed by atoms with Gasteiger partial charge in [-0.25, -0.2) is 0 Å². The second kappa shape index (κ2) is 6.88. The number of hydrogen-bond acceptors (Lipinski definition) is 2. The first-order valence-electron chi connectivity index (χ1n) is 7.10. The van der Waals surface area contributed by atoms with E-state index in [2.05, 4.69) is 22.1 Å². The third-order valence-corrected chi connectivity index (χ3v) is 3.54. The molecule has 0 atom stereocenters. The number of benzene rings is 1. The average molecular weight is 283 g/mol. The van der Waals surface area contributed by atoms with Crippen LogP contribution in [0.4, 0.5) is 0 Å². The quantitative estimate of drug-likeness (QED) is 0.801. The summed E-state index contributed by atoms with van der Waals surface area (Å²) in [6.45, 7) is 8.28. The first-order chi connectivity index (χ1) is 10.1. The minimum atomic E-state index is -0.0426. The van der Waals surface area contributed by atoms with Crippen molar-refractivity contribution in [2.24, 2.45) is 0 Å². The lowest BCUT2D eigenvalue weighted by atomic mass is 10.1. The number of aromatic amines is 1. The Morgan fingerprint density at radius 1 is 1.33 bits per heavy atom. The first kappa shape index (κ1) is 15.0. The summed E-state index contributed by atoms with van der Waals surface area (Å²) in [5, 5.41) is 10.0. The summed E-state index contributed by atoms with van der Waals surface area (Å²) in [6, 6.07) is 7.62. The minimum absolute atomic E-state index is 0.0426. The lowest BCUT2D eigenvalue weighted by molar-refractivity contribution is 0.0954. The molecule has 0 bridgehead atoms. The number of nitrogens with one attached hydrogen (secondary N) is 2. The Morgan fingerprint density at radius 3 is 2.62 bits per heavy atom. The molecule has 110 valence electrons. The van der Waals surface area contributed by atoms with Crippen molar-refractivity contribution in [1.29, 1.82) is 0 Å². The van der Waals surface area contributed by atoms with Gasteiger partial charge in [-0.2, -0.15) is 5.10 Å². The van der Waals surface area contributed by atoms with Gasteiger partial charge in [0.1, 0.15) is 0 Å². The Kier molecular flexibility index (Phi) is 4.93. The normalized spacial score (nSPS) is 10.4. The maximum atomic E-state index is 12.1.